The molecule has 0 atom stereocenters. The first kappa shape index (κ1) is 12.3. The van der Waals surface area contributed by atoms with Gasteiger partial charge in [-0.15, -0.1) is 0 Å². The number of rotatable bonds is 3. The normalized spacial score (nSPS) is 9.85. The Balaban J connectivity index is 0.00000144. The first-order valence-electron chi connectivity index (χ1n) is 3.26. The Kier molecular flexibility index (Phi) is 4.85. The van der Waals surface area contributed by atoms with Gasteiger partial charge in [0, 0.05) is 18.9 Å². The quantitative estimate of drug-likeness (QED) is 0.409. The zero-order valence-electron chi connectivity index (χ0n) is 7.30. The molecular weight excluding hydrogens is 183 g/mol. The van der Waals surface area contributed by atoms with Crippen LogP contribution in [0.15, 0.2) is 48.1 Å². The van der Waals surface area contributed by atoms with E-state index in [1.165, 1.54) is 12.1 Å². The summed E-state index contributed by atoms with van der Waals surface area (Å²) in [6, 6.07) is 7.89. The Morgan fingerprint density at radius 2 is 1.77 bits per heavy atom. The maximum atomic E-state index is 11.1. The monoisotopic (exact) mass is 191 g/mol. The Morgan fingerprint density at radius 1 is 1.23 bits per heavy atom. The van der Waals surface area contributed by atoms with E-state index in [0.29, 0.717) is 0 Å². The van der Waals surface area contributed by atoms with E-state index in [-0.39, 0.29) is 23.8 Å². The Labute approximate surface area is 89.7 Å². The van der Waals surface area contributed by atoms with Crippen molar-refractivity contribution < 1.29 is 12.6 Å². The minimum atomic E-state index is -3.63. The van der Waals surface area contributed by atoms with Crippen molar-refractivity contribution in [1.82, 2.24) is 0 Å². The molecule has 1 aromatic carbocycles. The Morgan fingerprint density at radius 3 is 2.23 bits per heavy atom. The van der Waals surface area contributed by atoms with E-state index in [9.17, 15) is 8.42 Å². The van der Waals surface area contributed by atoms with Crippen LogP contribution in [0.1, 0.15) is 0 Å². The third-order valence-electron chi connectivity index (χ3n) is 1.23. The predicted molar refractivity (Wildman–Crippen MR) is 50.7 cm³/mol. The molecule has 0 heterocycles. The van der Waals surface area contributed by atoms with E-state index < -0.39 is 10.1 Å². The van der Waals surface area contributed by atoms with Gasteiger partial charge in [0.05, 0.1) is 6.26 Å². The maximum absolute atomic E-state index is 11.1. The van der Waals surface area contributed by atoms with Crippen LogP contribution in [0.5, 0.6) is 0 Å². The Bertz CT molecular complexity index is 358. The Hall–Kier alpha value is -0.693. The fourth-order valence-electron chi connectivity index (χ4n) is 0.732. The molecule has 0 aromatic heterocycles. The molecule has 0 spiro atoms. The molecule has 0 saturated carbocycles. The van der Waals surface area contributed by atoms with Crippen LogP contribution in [0, 0.1) is 0 Å². The van der Waals surface area contributed by atoms with Crippen molar-refractivity contribution in [2.24, 2.45) is 0 Å². The second kappa shape index (κ2) is 5.13. The summed E-state index contributed by atoms with van der Waals surface area (Å²) in [6.07, 6.45) is 0.891. The molecule has 3 nitrogen and oxygen atoms in total. The molecule has 1 rings (SSSR count). The largest absolute Gasteiger partial charge is 0.388 e. The predicted octanol–water partition coefficient (Wildman–Crippen LogP) is 1.15. The van der Waals surface area contributed by atoms with Crippen LogP contribution in [-0.4, -0.2) is 27.3 Å². The fourth-order valence-corrected chi connectivity index (χ4v) is 1.51. The molecule has 0 fully saturated rings. The van der Waals surface area contributed by atoms with Crippen molar-refractivity contribution in [3.63, 3.8) is 0 Å². The van der Waals surface area contributed by atoms with Crippen molar-refractivity contribution in [3.8, 4) is 0 Å². The SMILES string of the molecule is C=COS(=O)(=O)c1ccccc1.[Li]. The molecule has 0 unspecified atom stereocenters. The van der Waals surface area contributed by atoms with Crippen LogP contribution in [0.2, 0.25) is 0 Å². The van der Waals surface area contributed by atoms with Gasteiger partial charge >= 0.3 is 10.1 Å². The minimum Gasteiger partial charge on any atom is -0.388 e. The molecule has 0 aliphatic rings. The summed E-state index contributed by atoms with van der Waals surface area (Å²) >= 11 is 0. The van der Waals surface area contributed by atoms with Gasteiger partial charge in [0.15, 0.2) is 0 Å². The molecule has 1 aromatic rings. The summed E-state index contributed by atoms with van der Waals surface area (Å²) < 4.78 is 26.6. The van der Waals surface area contributed by atoms with Gasteiger partial charge in [-0.3, -0.25) is 0 Å². The summed E-state index contributed by atoms with van der Waals surface area (Å²) in [4.78, 5) is 0.130. The molecule has 0 aliphatic heterocycles. The zero-order valence-corrected chi connectivity index (χ0v) is 8.12. The number of benzene rings is 1. The molecular formula is C8H8LiO3S. The summed E-state index contributed by atoms with van der Waals surface area (Å²) in [5, 5.41) is 0. The molecule has 0 bridgehead atoms. The molecule has 0 N–H and O–H groups in total. The summed E-state index contributed by atoms with van der Waals surface area (Å²) in [5.41, 5.74) is 0. The zero-order chi connectivity index (χ0) is 9.03. The van der Waals surface area contributed by atoms with E-state index in [0.717, 1.165) is 6.26 Å². The van der Waals surface area contributed by atoms with Gasteiger partial charge in [0.1, 0.15) is 4.90 Å². The van der Waals surface area contributed by atoms with Gasteiger partial charge in [-0.1, -0.05) is 24.8 Å². The summed E-state index contributed by atoms with van der Waals surface area (Å²) in [7, 11) is -3.63. The van der Waals surface area contributed by atoms with Crippen molar-refractivity contribution in [2.45, 2.75) is 4.90 Å². The van der Waals surface area contributed by atoms with Gasteiger partial charge < -0.3 is 4.18 Å². The third kappa shape index (κ3) is 3.27. The second-order valence-corrected chi connectivity index (χ2v) is 3.60. The third-order valence-corrected chi connectivity index (χ3v) is 2.47. The minimum absolute atomic E-state index is 0. The van der Waals surface area contributed by atoms with Crippen LogP contribution in [-0.2, 0) is 14.3 Å². The van der Waals surface area contributed by atoms with Gasteiger partial charge in [-0.05, 0) is 12.1 Å². The molecule has 0 saturated heterocycles. The van der Waals surface area contributed by atoms with E-state index in [4.69, 9.17) is 0 Å². The van der Waals surface area contributed by atoms with Crippen LogP contribution >= 0.6 is 0 Å². The standard InChI is InChI=1S/C8H8O3S.Li/c1-2-11-12(9,10)8-6-4-3-5-7-8;/h2-7H,1H2;. The number of hydrogen-bond donors (Lipinski definition) is 0. The van der Waals surface area contributed by atoms with Crippen LogP contribution < -0.4 is 0 Å². The number of hydrogen-bond acceptors (Lipinski definition) is 3. The fraction of sp³-hybridized carbons (Fsp3) is 0. The second-order valence-electron chi connectivity index (χ2n) is 2.03. The van der Waals surface area contributed by atoms with E-state index in [2.05, 4.69) is 10.8 Å². The smallest absolute Gasteiger partial charge is 0.338 e. The summed E-state index contributed by atoms with van der Waals surface area (Å²) in [5.74, 6) is 0. The molecule has 13 heavy (non-hydrogen) atoms. The van der Waals surface area contributed by atoms with E-state index >= 15 is 0 Å². The topological polar surface area (TPSA) is 43.4 Å². The molecule has 0 aliphatic carbocycles. The van der Waals surface area contributed by atoms with Gasteiger partial charge in [-0.2, -0.15) is 8.42 Å². The maximum Gasteiger partial charge on any atom is 0.338 e. The van der Waals surface area contributed by atoms with Crippen molar-refractivity contribution in [3.05, 3.63) is 43.2 Å². The van der Waals surface area contributed by atoms with Crippen molar-refractivity contribution in [1.29, 1.82) is 0 Å². The summed E-state index contributed by atoms with van der Waals surface area (Å²) in [6.45, 7) is 3.17. The van der Waals surface area contributed by atoms with Gasteiger partial charge in [-0.25, -0.2) is 0 Å². The van der Waals surface area contributed by atoms with Crippen LogP contribution in [0.25, 0.3) is 0 Å². The average molecular weight is 191 g/mol. The first-order chi connectivity index (χ1) is 5.67. The van der Waals surface area contributed by atoms with E-state index in [1.54, 1.807) is 18.2 Å². The van der Waals surface area contributed by atoms with Crippen molar-refractivity contribution >= 4 is 29.0 Å². The molecule has 0 amide bonds. The van der Waals surface area contributed by atoms with E-state index in [1.807, 2.05) is 0 Å². The van der Waals surface area contributed by atoms with Gasteiger partial charge in [0.2, 0.25) is 0 Å². The first-order valence-corrected chi connectivity index (χ1v) is 4.67. The molecule has 1 radical (unpaired) electrons. The van der Waals surface area contributed by atoms with Crippen molar-refractivity contribution in [2.75, 3.05) is 0 Å². The van der Waals surface area contributed by atoms with Crippen LogP contribution in [0.3, 0.4) is 0 Å². The average Bonchev–Trinajstić information content (AvgIpc) is 2.06. The molecule has 5 heteroatoms. The van der Waals surface area contributed by atoms with Crippen LogP contribution in [0.4, 0.5) is 0 Å². The van der Waals surface area contributed by atoms with Gasteiger partial charge in [0.25, 0.3) is 0 Å². The molecule has 65 valence electrons.